The molecular formula is C16H21N3OS. The molecule has 2 N–H and O–H groups in total. The van der Waals surface area contributed by atoms with Crippen molar-refractivity contribution in [3.05, 3.63) is 35.2 Å². The Hall–Kier alpha value is -1.59. The van der Waals surface area contributed by atoms with E-state index >= 15 is 0 Å². The molecule has 1 fully saturated rings. The standard InChI is InChI=1S/C16H21N3OS/c1-17-16(19-10-13-5-4-8-20-13)18-9-12-11-21-15-7-3-2-6-14(12)15/h2-3,6-7,11,13H,4-5,8-10H2,1H3,(H2,17,18,19). The third-order valence-electron chi connectivity index (χ3n) is 3.75. The van der Waals surface area contributed by atoms with Crippen LogP contribution >= 0.6 is 11.3 Å². The van der Waals surface area contributed by atoms with Gasteiger partial charge in [0.2, 0.25) is 0 Å². The number of nitrogens with zero attached hydrogens (tertiary/aromatic N) is 1. The summed E-state index contributed by atoms with van der Waals surface area (Å²) in [4.78, 5) is 4.27. The van der Waals surface area contributed by atoms with Crippen LogP contribution in [-0.4, -0.2) is 32.3 Å². The van der Waals surface area contributed by atoms with E-state index < -0.39 is 0 Å². The molecule has 0 bridgehead atoms. The minimum Gasteiger partial charge on any atom is -0.376 e. The van der Waals surface area contributed by atoms with Crippen LogP contribution in [-0.2, 0) is 11.3 Å². The van der Waals surface area contributed by atoms with Gasteiger partial charge in [-0.15, -0.1) is 11.3 Å². The average molecular weight is 303 g/mol. The fourth-order valence-corrected chi connectivity index (χ4v) is 3.55. The summed E-state index contributed by atoms with van der Waals surface area (Å²) in [5, 5.41) is 10.3. The summed E-state index contributed by atoms with van der Waals surface area (Å²) in [6, 6.07) is 8.50. The molecule has 1 unspecified atom stereocenters. The molecule has 0 radical (unpaired) electrons. The third-order valence-corrected chi connectivity index (χ3v) is 4.76. The van der Waals surface area contributed by atoms with Crippen molar-refractivity contribution in [2.24, 2.45) is 4.99 Å². The molecule has 0 amide bonds. The lowest BCUT2D eigenvalue weighted by Crippen LogP contribution is -2.40. The normalized spacial score (nSPS) is 19.1. The molecule has 1 saturated heterocycles. The predicted molar refractivity (Wildman–Crippen MR) is 89.0 cm³/mol. The zero-order chi connectivity index (χ0) is 14.5. The number of benzene rings is 1. The number of fused-ring (bicyclic) bond motifs is 1. The first-order chi connectivity index (χ1) is 10.4. The topological polar surface area (TPSA) is 45.7 Å². The Kier molecular flexibility index (Phi) is 4.72. The van der Waals surface area contributed by atoms with Crippen LogP contribution in [0.15, 0.2) is 34.6 Å². The van der Waals surface area contributed by atoms with Gasteiger partial charge in [-0.1, -0.05) is 18.2 Å². The third kappa shape index (κ3) is 3.54. The van der Waals surface area contributed by atoms with Crippen LogP contribution in [0.2, 0.25) is 0 Å². The van der Waals surface area contributed by atoms with Crippen molar-refractivity contribution in [2.45, 2.75) is 25.5 Å². The maximum atomic E-state index is 5.61. The Balaban J connectivity index is 1.55. The van der Waals surface area contributed by atoms with E-state index in [4.69, 9.17) is 4.74 Å². The molecule has 1 aliphatic rings. The van der Waals surface area contributed by atoms with Crippen LogP contribution in [0, 0.1) is 0 Å². The summed E-state index contributed by atoms with van der Waals surface area (Å²) in [5.74, 6) is 0.834. The number of hydrogen-bond acceptors (Lipinski definition) is 3. The molecule has 0 spiro atoms. The molecule has 21 heavy (non-hydrogen) atoms. The van der Waals surface area contributed by atoms with Gasteiger partial charge in [0.15, 0.2) is 5.96 Å². The van der Waals surface area contributed by atoms with Crippen LogP contribution in [0.25, 0.3) is 10.1 Å². The Morgan fingerprint density at radius 1 is 1.38 bits per heavy atom. The van der Waals surface area contributed by atoms with Gasteiger partial charge >= 0.3 is 0 Å². The smallest absolute Gasteiger partial charge is 0.191 e. The molecule has 5 heteroatoms. The quantitative estimate of drug-likeness (QED) is 0.674. The van der Waals surface area contributed by atoms with Crippen molar-refractivity contribution >= 4 is 27.4 Å². The molecule has 1 aromatic heterocycles. The minimum atomic E-state index is 0.325. The lowest BCUT2D eigenvalue weighted by atomic mass is 10.2. The van der Waals surface area contributed by atoms with E-state index in [1.807, 2.05) is 0 Å². The highest BCUT2D eigenvalue weighted by molar-refractivity contribution is 7.17. The van der Waals surface area contributed by atoms with E-state index in [0.29, 0.717) is 6.10 Å². The number of hydrogen-bond donors (Lipinski definition) is 2. The van der Waals surface area contributed by atoms with E-state index in [1.165, 1.54) is 22.1 Å². The van der Waals surface area contributed by atoms with Gasteiger partial charge in [-0.2, -0.15) is 0 Å². The summed E-state index contributed by atoms with van der Waals surface area (Å²) in [6.45, 7) is 2.50. The minimum absolute atomic E-state index is 0.325. The van der Waals surface area contributed by atoms with Gasteiger partial charge in [-0.25, -0.2) is 0 Å². The Bertz CT molecular complexity index is 617. The zero-order valence-electron chi connectivity index (χ0n) is 12.3. The number of ether oxygens (including phenoxy) is 1. The van der Waals surface area contributed by atoms with E-state index in [0.717, 1.165) is 32.1 Å². The lowest BCUT2D eigenvalue weighted by Gasteiger charge is -2.14. The van der Waals surface area contributed by atoms with Crippen LogP contribution in [0.3, 0.4) is 0 Å². The molecule has 1 aromatic carbocycles. The van der Waals surface area contributed by atoms with Crippen LogP contribution in [0.5, 0.6) is 0 Å². The van der Waals surface area contributed by atoms with Crippen LogP contribution in [0.4, 0.5) is 0 Å². The Morgan fingerprint density at radius 2 is 2.29 bits per heavy atom. The fraction of sp³-hybridized carbons (Fsp3) is 0.438. The average Bonchev–Trinajstić information content (AvgIpc) is 3.17. The molecule has 2 aromatic rings. The second kappa shape index (κ2) is 6.91. The first-order valence-corrected chi connectivity index (χ1v) is 8.26. The van der Waals surface area contributed by atoms with Gasteiger partial charge in [0.05, 0.1) is 6.10 Å². The van der Waals surface area contributed by atoms with E-state index in [2.05, 4.69) is 45.3 Å². The maximum absolute atomic E-state index is 5.61. The SMILES string of the molecule is CN=C(NCc1csc2ccccc12)NCC1CCCO1. The molecule has 2 heterocycles. The number of aliphatic imine (C=N–C) groups is 1. The molecule has 3 rings (SSSR count). The second-order valence-electron chi connectivity index (χ2n) is 5.20. The van der Waals surface area contributed by atoms with Crippen molar-refractivity contribution < 1.29 is 4.74 Å². The van der Waals surface area contributed by atoms with Crippen LogP contribution in [0.1, 0.15) is 18.4 Å². The molecule has 4 nitrogen and oxygen atoms in total. The van der Waals surface area contributed by atoms with Crippen LogP contribution < -0.4 is 10.6 Å². The largest absolute Gasteiger partial charge is 0.376 e. The van der Waals surface area contributed by atoms with Crippen molar-refractivity contribution in [1.29, 1.82) is 0 Å². The molecule has 1 aliphatic heterocycles. The van der Waals surface area contributed by atoms with Gasteiger partial charge in [0.1, 0.15) is 0 Å². The van der Waals surface area contributed by atoms with Gasteiger partial charge in [0.25, 0.3) is 0 Å². The number of thiophene rings is 1. The molecular weight excluding hydrogens is 282 g/mol. The Labute approximate surface area is 129 Å². The van der Waals surface area contributed by atoms with Gasteiger partial charge in [0, 0.05) is 31.4 Å². The predicted octanol–water partition coefficient (Wildman–Crippen LogP) is 2.75. The molecule has 0 saturated carbocycles. The maximum Gasteiger partial charge on any atom is 0.191 e. The zero-order valence-corrected chi connectivity index (χ0v) is 13.1. The van der Waals surface area contributed by atoms with E-state index in [-0.39, 0.29) is 0 Å². The molecule has 1 atom stereocenters. The summed E-state index contributed by atoms with van der Waals surface area (Å²) in [6.07, 6.45) is 2.63. The second-order valence-corrected chi connectivity index (χ2v) is 6.11. The first-order valence-electron chi connectivity index (χ1n) is 7.38. The molecule has 112 valence electrons. The number of rotatable bonds is 4. The van der Waals surface area contributed by atoms with Gasteiger partial charge in [-0.3, -0.25) is 4.99 Å². The Morgan fingerprint density at radius 3 is 3.10 bits per heavy atom. The highest BCUT2D eigenvalue weighted by atomic mass is 32.1. The monoisotopic (exact) mass is 303 g/mol. The van der Waals surface area contributed by atoms with Gasteiger partial charge < -0.3 is 15.4 Å². The summed E-state index contributed by atoms with van der Waals surface area (Å²) in [5.41, 5.74) is 1.32. The number of guanidine groups is 1. The van der Waals surface area contributed by atoms with E-state index in [1.54, 1.807) is 18.4 Å². The van der Waals surface area contributed by atoms with Gasteiger partial charge in [-0.05, 0) is 35.2 Å². The fourth-order valence-electron chi connectivity index (χ4n) is 2.59. The van der Waals surface area contributed by atoms with Crippen molar-refractivity contribution in [1.82, 2.24) is 10.6 Å². The summed E-state index contributed by atoms with van der Waals surface area (Å²) >= 11 is 1.79. The van der Waals surface area contributed by atoms with Crippen molar-refractivity contribution in [3.8, 4) is 0 Å². The molecule has 0 aliphatic carbocycles. The highest BCUT2D eigenvalue weighted by Gasteiger charge is 2.15. The summed E-state index contributed by atoms with van der Waals surface area (Å²) < 4.78 is 6.94. The first kappa shape index (κ1) is 14.4. The lowest BCUT2D eigenvalue weighted by molar-refractivity contribution is 0.114. The van der Waals surface area contributed by atoms with Crippen molar-refractivity contribution in [2.75, 3.05) is 20.2 Å². The summed E-state index contributed by atoms with van der Waals surface area (Å²) in [7, 11) is 1.80. The highest BCUT2D eigenvalue weighted by Crippen LogP contribution is 2.25. The van der Waals surface area contributed by atoms with Crippen molar-refractivity contribution in [3.63, 3.8) is 0 Å². The van der Waals surface area contributed by atoms with E-state index in [9.17, 15) is 0 Å². The number of nitrogens with one attached hydrogen (secondary N) is 2.